The molecule has 0 aliphatic carbocycles. The van der Waals surface area contributed by atoms with E-state index in [1.54, 1.807) is 23.0 Å². The van der Waals surface area contributed by atoms with Crippen molar-refractivity contribution in [1.82, 2.24) is 19.7 Å². The number of nitrogens with two attached hydrogens (primary N) is 1. The van der Waals surface area contributed by atoms with Crippen molar-refractivity contribution in [1.29, 1.82) is 0 Å². The highest BCUT2D eigenvalue weighted by molar-refractivity contribution is 7.84. The number of aromatic nitrogens is 4. The van der Waals surface area contributed by atoms with E-state index in [4.69, 9.17) is 10.1 Å². The zero-order valence-corrected chi connectivity index (χ0v) is 20.5. The third-order valence-corrected chi connectivity index (χ3v) is 7.18. The van der Waals surface area contributed by atoms with E-state index in [0.717, 1.165) is 52.7 Å². The van der Waals surface area contributed by atoms with Gasteiger partial charge in [0.15, 0.2) is 12.1 Å². The van der Waals surface area contributed by atoms with Gasteiger partial charge in [-0.1, -0.05) is 37.6 Å². The lowest BCUT2D eigenvalue weighted by molar-refractivity contribution is 0.111. The van der Waals surface area contributed by atoms with Crippen LogP contribution in [0.25, 0.3) is 28.0 Å². The summed E-state index contributed by atoms with van der Waals surface area (Å²) in [7, 11) is -1.55. The number of carbonyl (C=O) groups excluding carboxylic acids is 1. The molecule has 0 spiro atoms. The van der Waals surface area contributed by atoms with Gasteiger partial charge in [-0.15, -0.1) is 0 Å². The van der Waals surface area contributed by atoms with E-state index in [2.05, 4.69) is 23.1 Å². The SMILES string of the molecule is CCCCc1cccc(-c2ccc3cnn(-c4cccc(C=O)n4)c3c2CC(C)(C)[S@@](N)=O)n1. The fraction of sp³-hybridized carbons (Fsp3) is 0.308. The van der Waals surface area contributed by atoms with Crippen LogP contribution in [0, 0.1) is 0 Å². The molecule has 0 aliphatic rings. The van der Waals surface area contributed by atoms with Crippen molar-refractivity contribution in [2.24, 2.45) is 5.14 Å². The van der Waals surface area contributed by atoms with E-state index in [1.807, 2.05) is 44.2 Å². The summed E-state index contributed by atoms with van der Waals surface area (Å²) < 4.78 is 13.5. The zero-order valence-electron chi connectivity index (χ0n) is 19.7. The number of hydrogen-bond acceptors (Lipinski definition) is 5. The standard InChI is InChI=1S/C26H29N5O2S/c1-4-5-8-19-9-6-11-23(29-19)21-14-13-18-16-28-31(24-12-7-10-20(17-32)30-24)25(18)22(21)15-26(2,3)34(27)33/h6-7,9-14,16-17H,4-5,8,15,27H2,1-3H3/t34-/m0/s1. The van der Waals surface area contributed by atoms with Crippen molar-refractivity contribution in [2.45, 2.75) is 51.2 Å². The van der Waals surface area contributed by atoms with Gasteiger partial charge in [-0.05, 0) is 62.9 Å². The molecule has 0 aliphatic heterocycles. The Morgan fingerprint density at radius 2 is 1.88 bits per heavy atom. The zero-order chi connectivity index (χ0) is 24.3. The first kappa shape index (κ1) is 23.9. The summed E-state index contributed by atoms with van der Waals surface area (Å²) >= 11 is 0. The van der Waals surface area contributed by atoms with Gasteiger partial charge in [0, 0.05) is 16.6 Å². The minimum atomic E-state index is -1.55. The van der Waals surface area contributed by atoms with Gasteiger partial charge >= 0.3 is 0 Å². The summed E-state index contributed by atoms with van der Waals surface area (Å²) in [6.45, 7) is 5.95. The van der Waals surface area contributed by atoms with E-state index in [1.165, 1.54) is 0 Å². The largest absolute Gasteiger partial charge is 0.296 e. The molecule has 0 saturated heterocycles. The number of carbonyl (C=O) groups is 1. The Hall–Kier alpha value is -3.23. The molecule has 4 aromatic rings. The quantitative estimate of drug-likeness (QED) is 0.357. The lowest BCUT2D eigenvalue weighted by atomic mass is 9.93. The van der Waals surface area contributed by atoms with Crippen LogP contribution in [0.3, 0.4) is 0 Å². The molecule has 0 unspecified atom stereocenters. The van der Waals surface area contributed by atoms with Crippen molar-refractivity contribution in [3.63, 3.8) is 0 Å². The van der Waals surface area contributed by atoms with E-state index in [0.29, 0.717) is 24.2 Å². The molecule has 0 fully saturated rings. The van der Waals surface area contributed by atoms with Crippen molar-refractivity contribution >= 4 is 28.2 Å². The van der Waals surface area contributed by atoms with E-state index >= 15 is 0 Å². The molecule has 0 bridgehead atoms. The number of aldehydes is 1. The van der Waals surface area contributed by atoms with Crippen LogP contribution in [-0.2, 0) is 23.8 Å². The molecule has 3 aromatic heterocycles. The van der Waals surface area contributed by atoms with Gasteiger partial charge in [0.1, 0.15) is 5.69 Å². The van der Waals surface area contributed by atoms with Crippen LogP contribution in [0.5, 0.6) is 0 Å². The average Bonchev–Trinajstić information content (AvgIpc) is 3.27. The van der Waals surface area contributed by atoms with E-state index in [9.17, 15) is 9.00 Å². The molecule has 176 valence electrons. The number of rotatable bonds is 9. The monoisotopic (exact) mass is 475 g/mol. The summed E-state index contributed by atoms with van der Waals surface area (Å²) in [5, 5.41) is 11.4. The Kier molecular flexibility index (Phi) is 7.00. The first-order valence-corrected chi connectivity index (χ1v) is 12.6. The second-order valence-corrected chi connectivity index (χ2v) is 10.7. The van der Waals surface area contributed by atoms with E-state index < -0.39 is 15.7 Å². The van der Waals surface area contributed by atoms with Crippen molar-refractivity contribution in [2.75, 3.05) is 0 Å². The van der Waals surface area contributed by atoms with Crippen LogP contribution in [0.2, 0.25) is 0 Å². The maximum absolute atomic E-state index is 12.4. The maximum atomic E-state index is 12.4. The minimum absolute atomic E-state index is 0.326. The van der Waals surface area contributed by atoms with Crippen LogP contribution in [0.1, 0.15) is 55.4 Å². The number of nitrogens with zero attached hydrogens (tertiary/aromatic N) is 4. The van der Waals surface area contributed by atoms with Crippen molar-refractivity contribution in [3.8, 4) is 17.1 Å². The van der Waals surface area contributed by atoms with Gasteiger partial charge in [-0.2, -0.15) is 5.10 Å². The fourth-order valence-electron chi connectivity index (χ4n) is 4.03. The Labute approximate surface area is 202 Å². The molecular weight excluding hydrogens is 446 g/mol. The Morgan fingerprint density at radius 1 is 1.09 bits per heavy atom. The van der Waals surface area contributed by atoms with Gasteiger partial charge in [0.2, 0.25) is 0 Å². The summed E-state index contributed by atoms with van der Waals surface area (Å²) in [5.74, 6) is 0.536. The molecular formula is C26H29N5O2S. The Balaban J connectivity index is 1.97. The number of aryl methyl sites for hydroxylation is 1. The molecule has 3 heterocycles. The predicted octanol–water partition coefficient (Wildman–Crippen LogP) is 4.58. The number of benzene rings is 1. The second kappa shape index (κ2) is 9.95. The minimum Gasteiger partial charge on any atom is -0.296 e. The van der Waals surface area contributed by atoms with Crippen LogP contribution in [0.15, 0.2) is 54.7 Å². The first-order valence-electron chi connectivity index (χ1n) is 11.4. The fourth-order valence-corrected chi connectivity index (χ4v) is 4.31. The third kappa shape index (κ3) is 4.83. The normalized spacial score (nSPS) is 12.7. The number of pyridine rings is 2. The van der Waals surface area contributed by atoms with Crippen LogP contribution in [0.4, 0.5) is 0 Å². The van der Waals surface area contributed by atoms with Gasteiger partial charge in [0.05, 0.1) is 33.1 Å². The van der Waals surface area contributed by atoms with Gasteiger partial charge in [-0.25, -0.2) is 13.9 Å². The van der Waals surface area contributed by atoms with Gasteiger partial charge in [0.25, 0.3) is 0 Å². The summed E-state index contributed by atoms with van der Waals surface area (Å²) in [6, 6.07) is 15.4. The first-order chi connectivity index (χ1) is 16.3. The molecule has 8 heteroatoms. The third-order valence-electron chi connectivity index (χ3n) is 5.95. The molecule has 1 atom stereocenters. The molecule has 4 rings (SSSR count). The topological polar surface area (TPSA) is 104 Å². The summed E-state index contributed by atoms with van der Waals surface area (Å²) in [5.41, 5.74) is 4.95. The van der Waals surface area contributed by atoms with Crippen molar-refractivity contribution in [3.05, 3.63) is 71.7 Å². The molecule has 1 aromatic carbocycles. The number of hydrogen-bond donors (Lipinski definition) is 1. The van der Waals surface area contributed by atoms with Crippen LogP contribution >= 0.6 is 0 Å². The van der Waals surface area contributed by atoms with Gasteiger partial charge < -0.3 is 0 Å². The Morgan fingerprint density at radius 3 is 2.62 bits per heavy atom. The maximum Gasteiger partial charge on any atom is 0.168 e. The predicted molar refractivity (Wildman–Crippen MR) is 136 cm³/mol. The molecule has 34 heavy (non-hydrogen) atoms. The second-order valence-electron chi connectivity index (χ2n) is 8.98. The number of unbranched alkanes of at least 4 members (excludes halogenated alkanes) is 1. The average molecular weight is 476 g/mol. The highest BCUT2D eigenvalue weighted by Crippen LogP contribution is 2.34. The number of fused-ring (bicyclic) bond motifs is 1. The Bertz CT molecular complexity index is 1360. The smallest absolute Gasteiger partial charge is 0.168 e. The van der Waals surface area contributed by atoms with E-state index in [-0.39, 0.29) is 0 Å². The summed E-state index contributed by atoms with van der Waals surface area (Å²) in [6.07, 6.45) is 6.03. The lowest BCUT2D eigenvalue weighted by Crippen LogP contribution is -2.34. The molecule has 2 N–H and O–H groups in total. The van der Waals surface area contributed by atoms with Gasteiger partial charge in [-0.3, -0.25) is 14.9 Å². The van der Waals surface area contributed by atoms with Crippen molar-refractivity contribution < 1.29 is 9.00 Å². The molecule has 0 radical (unpaired) electrons. The molecule has 0 amide bonds. The molecule has 0 saturated carbocycles. The summed E-state index contributed by atoms with van der Waals surface area (Å²) in [4.78, 5) is 20.7. The van der Waals surface area contributed by atoms with Crippen LogP contribution in [-0.4, -0.2) is 35.0 Å². The molecule has 7 nitrogen and oxygen atoms in total. The lowest BCUT2D eigenvalue weighted by Gasteiger charge is -2.24. The highest BCUT2D eigenvalue weighted by atomic mass is 32.2. The van der Waals surface area contributed by atoms with Crippen LogP contribution < -0.4 is 5.14 Å². The highest BCUT2D eigenvalue weighted by Gasteiger charge is 2.28.